The summed E-state index contributed by atoms with van der Waals surface area (Å²) in [7, 11) is 1.43. The zero-order chi connectivity index (χ0) is 17.8. The number of hydrogen-bond acceptors (Lipinski definition) is 4. The fourth-order valence-electron chi connectivity index (χ4n) is 3.88. The van der Waals surface area contributed by atoms with Gasteiger partial charge in [0, 0.05) is 40.8 Å². The molecule has 1 saturated heterocycles. The molecule has 1 heterocycles. The predicted molar refractivity (Wildman–Crippen MR) is 100 cm³/mol. The van der Waals surface area contributed by atoms with Gasteiger partial charge >= 0.3 is 5.97 Å². The zero-order valence-electron chi connectivity index (χ0n) is 14.5. The van der Waals surface area contributed by atoms with Gasteiger partial charge in [-0.1, -0.05) is 35.2 Å². The number of methoxy groups -OCH3 is 1. The molecule has 4 nitrogen and oxygen atoms in total. The van der Waals surface area contributed by atoms with Crippen LogP contribution in [0.25, 0.3) is 0 Å². The molecular weight excluding hydrogens is 382 g/mol. The van der Waals surface area contributed by atoms with E-state index in [2.05, 4.69) is 20.8 Å². The molecule has 2 fully saturated rings. The number of nitrogens with zero attached hydrogens (tertiary/aromatic N) is 1. The monoisotopic (exact) mass is 405 g/mol. The number of ketones is 1. The Balaban J connectivity index is 1.82. The third kappa shape index (κ3) is 4.32. The Labute approximate surface area is 157 Å². The Bertz CT molecular complexity index is 662. The number of allylic oxidation sites excluding steroid dienone is 2. The Morgan fingerprint density at radius 2 is 1.84 bits per heavy atom. The highest BCUT2D eigenvalue weighted by Gasteiger charge is 2.36. The smallest absolute Gasteiger partial charge is 0.310 e. The van der Waals surface area contributed by atoms with Gasteiger partial charge in [-0.15, -0.1) is 0 Å². The van der Waals surface area contributed by atoms with E-state index < -0.39 is 0 Å². The molecule has 1 aliphatic heterocycles. The summed E-state index contributed by atoms with van der Waals surface area (Å²) in [5.41, 5.74) is 1.65. The van der Waals surface area contributed by atoms with Gasteiger partial charge in [-0.25, -0.2) is 0 Å². The van der Waals surface area contributed by atoms with E-state index in [9.17, 15) is 9.59 Å². The molecule has 0 aromatic heterocycles. The predicted octanol–water partition coefficient (Wildman–Crippen LogP) is 4.34. The molecule has 0 radical (unpaired) electrons. The lowest BCUT2D eigenvalue weighted by molar-refractivity contribution is -0.145. The second kappa shape index (κ2) is 8.17. The van der Waals surface area contributed by atoms with Crippen LogP contribution in [-0.2, 0) is 9.53 Å². The molecule has 0 spiro atoms. The van der Waals surface area contributed by atoms with Crippen molar-refractivity contribution in [2.45, 2.75) is 44.6 Å². The summed E-state index contributed by atoms with van der Waals surface area (Å²) in [6.07, 6.45) is 8.30. The maximum atomic E-state index is 12.7. The summed E-state index contributed by atoms with van der Waals surface area (Å²) in [6, 6.07) is 7.82. The van der Waals surface area contributed by atoms with Crippen LogP contribution in [-0.4, -0.2) is 36.3 Å². The Hall–Kier alpha value is -1.62. The van der Waals surface area contributed by atoms with E-state index in [1.165, 1.54) is 26.4 Å². The van der Waals surface area contributed by atoms with Crippen molar-refractivity contribution >= 4 is 27.7 Å². The number of ether oxygens (including phenoxy) is 1. The highest BCUT2D eigenvalue weighted by atomic mass is 79.9. The first-order valence-corrected chi connectivity index (χ1v) is 9.72. The highest BCUT2D eigenvalue weighted by molar-refractivity contribution is 9.10. The first kappa shape index (κ1) is 18.2. The lowest BCUT2D eigenvalue weighted by atomic mass is 9.94. The second-order valence-electron chi connectivity index (χ2n) is 6.88. The minimum Gasteiger partial charge on any atom is -0.469 e. The van der Waals surface area contributed by atoms with Gasteiger partial charge in [0.2, 0.25) is 0 Å². The van der Waals surface area contributed by atoms with Crippen molar-refractivity contribution in [3.8, 4) is 0 Å². The Kier molecular flexibility index (Phi) is 5.94. The van der Waals surface area contributed by atoms with Crippen molar-refractivity contribution in [1.29, 1.82) is 0 Å². The number of rotatable bonds is 4. The van der Waals surface area contributed by atoms with Crippen LogP contribution < -0.4 is 0 Å². The van der Waals surface area contributed by atoms with Crippen LogP contribution in [0.15, 0.2) is 40.5 Å². The van der Waals surface area contributed by atoms with Gasteiger partial charge in [0.25, 0.3) is 0 Å². The van der Waals surface area contributed by atoms with E-state index in [1.54, 1.807) is 6.08 Å². The lowest BCUT2D eigenvalue weighted by Crippen LogP contribution is -2.35. The van der Waals surface area contributed by atoms with Crippen LogP contribution in [0.5, 0.6) is 0 Å². The molecule has 0 amide bonds. The van der Waals surface area contributed by atoms with E-state index in [4.69, 9.17) is 4.74 Å². The number of halogens is 1. The van der Waals surface area contributed by atoms with Crippen molar-refractivity contribution in [3.05, 3.63) is 46.1 Å². The van der Waals surface area contributed by atoms with E-state index in [1.807, 2.05) is 24.3 Å². The van der Waals surface area contributed by atoms with Crippen LogP contribution in [0, 0.1) is 5.92 Å². The fraction of sp³-hybridized carbons (Fsp3) is 0.500. The fourth-order valence-corrected chi connectivity index (χ4v) is 4.14. The largest absolute Gasteiger partial charge is 0.469 e. The maximum Gasteiger partial charge on any atom is 0.310 e. The number of likely N-dealkylation sites (tertiary alicyclic amines) is 1. The number of carbonyl (C=O) groups excluding carboxylic acids is 2. The average Bonchev–Trinajstić information content (AvgIpc) is 3.06. The van der Waals surface area contributed by atoms with Crippen LogP contribution in [0.3, 0.4) is 0 Å². The molecule has 1 aromatic rings. The number of esters is 1. The van der Waals surface area contributed by atoms with Gasteiger partial charge in [0.15, 0.2) is 5.78 Å². The SMILES string of the molecule is COC(=O)C1C/C(=C/C(=O)c2ccc(Br)cc2)N(C2CCCCC2)C1. The standard InChI is InChI=1S/C20H24BrNO3/c1-25-20(24)15-11-18(22(13-15)17-5-3-2-4-6-17)12-19(23)14-7-9-16(21)10-8-14/h7-10,12,15,17H,2-6,11,13H2,1H3/b18-12-. The summed E-state index contributed by atoms with van der Waals surface area (Å²) in [5.74, 6) is -0.356. The molecular formula is C20H24BrNO3. The van der Waals surface area contributed by atoms with Gasteiger partial charge in [-0.05, 0) is 37.1 Å². The molecule has 1 atom stereocenters. The van der Waals surface area contributed by atoms with Crippen LogP contribution in [0.2, 0.25) is 0 Å². The van der Waals surface area contributed by atoms with Gasteiger partial charge < -0.3 is 9.64 Å². The van der Waals surface area contributed by atoms with E-state index in [0.29, 0.717) is 24.6 Å². The van der Waals surface area contributed by atoms with Gasteiger partial charge in [0.1, 0.15) is 0 Å². The molecule has 1 saturated carbocycles. The minimum absolute atomic E-state index is 0.00572. The normalized spacial score (nSPS) is 23.0. The third-order valence-corrected chi connectivity index (χ3v) is 5.75. The number of hydrogen-bond donors (Lipinski definition) is 0. The summed E-state index contributed by atoms with van der Waals surface area (Å²) in [5, 5.41) is 0. The van der Waals surface area contributed by atoms with Crippen LogP contribution in [0.4, 0.5) is 0 Å². The molecule has 1 aliphatic carbocycles. The van der Waals surface area contributed by atoms with Crippen molar-refractivity contribution in [3.63, 3.8) is 0 Å². The molecule has 1 unspecified atom stereocenters. The van der Waals surface area contributed by atoms with Gasteiger partial charge in [0.05, 0.1) is 13.0 Å². The summed E-state index contributed by atoms with van der Waals surface area (Å²) in [6.45, 7) is 0.663. The van der Waals surface area contributed by atoms with Crippen molar-refractivity contribution in [2.75, 3.05) is 13.7 Å². The molecule has 0 N–H and O–H groups in total. The van der Waals surface area contributed by atoms with Gasteiger partial charge in [-0.2, -0.15) is 0 Å². The Morgan fingerprint density at radius 3 is 2.48 bits per heavy atom. The third-order valence-electron chi connectivity index (χ3n) is 5.22. The summed E-state index contributed by atoms with van der Waals surface area (Å²) < 4.78 is 5.89. The van der Waals surface area contributed by atoms with E-state index >= 15 is 0 Å². The van der Waals surface area contributed by atoms with E-state index in [-0.39, 0.29) is 17.7 Å². The minimum atomic E-state index is -0.180. The zero-order valence-corrected chi connectivity index (χ0v) is 16.1. The quantitative estimate of drug-likeness (QED) is 0.424. The molecule has 5 heteroatoms. The topological polar surface area (TPSA) is 46.6 Å². The van der Waals surface area contributed by atoms with Crippen LogP contribution >= 0.6 is 15.9 Å². The molecule has 3 rings (SSSR count). The molecule has 1 aromatic carbocycles. The number of benzene rings is 1. The molecule has 134 valence electrons. The van der Waals surface area contributed by atoms with Crippen molar-refractivity contribution in [1.82, 2.24) is 4.90 Å². The number of carbonyl (C=O) groups is 2. The van der Waals surface area contributed by atoms with Gasteiger partial charge in [-0.3, -0.25) is 9.59 Å². The van der Waals surface area contributed by atoms with Crippen molar-refractivity contribution in [2.24, 2.45) is 5.92 Å². The van der Waals surface area contributed by atoms with Crippen molar-refractivity contribution < 1.29 is 14.3 Å². The Morgan fingerprint density at radius 1 is 1.16 bits per heavy atom. The summed E-state index contributed by atoms with van der Waals surface area (Å²) in [4.78, 5) is 27.0. The molecule has 2 aliphatic rings. The summed E-state index contributed by atoms with van der Waals surface area (Å²) >= 11 is 3.39. The highest BCUT2D eigenvalue weighted by Crippen LogP contribution is 2.34. The first-order chi connectivity index (χ1) is 12.1. The molecule has 25 heavy (non-hydrogen) atoms. The molecule has 0 bridgehead atoms. The maximum absolute atomic E-state index is 12.7. The first-order valence-electron chi connectivity index (χ1n) is 8.93. The lowest BCUT2D eigenvalue weighted by Gasteiger charge is -2.33. The van der Waals surface area contributed by atoms with E-state index in [0.717, 1.165) is 23.0 Å². The average molecular weight is 406 g/mol. The second-order valence-corrected chi connectivity index (χ2v) is 7.79. The van der Waals surface area contributed by atoms with Crippen LogP contribution in [0.1, 0.15) is 48.9 Å².